The third-order valence-corrected chi connectivity index (χ3v) is 0.313. The molecule has 0 rings (SSSR count). The topological polar surface area (TPSA) is 35.5 Å². The van der Waals surface area contributed by atoms with Crippen molar-refractivity contribution in [3.05, 3.63) is 0 Å². The second kappa shape index (κ2) is 4.18. The van der Waals surface area contributed by atoms with Crippen LogP contribution in [0.3, 0.4) is 0 Å². The van der Waals surface area contributed by atoms with Gasteiger partial charge in [0.2, 0.25) is 0 Å². The molecule has 0 aromatic carbocycles. The van der Waals surface area contributed by atoms with Gasteiger partial charge in [0.05, 0.1) is 0 Å². The van der Waals surface area contributed by atoms with Gasteiger partial charge in [-0.3, -0.25) is 9.68 Å². The third-order valence-electron chi connectivity index (χ3n) is 0.168. The highest BCUT2D eigenvalue weighted by molar-refractivity contribution is 6.43. The zero-order valence-electron chi connectivity index (χ0n) is 3.14. The highest BCUT2D eigenvalue weighted by Crippen LogP contribution is 2.01. The minimum Gasteiger partial charge on any atom is -0.299 e. The van der Waals surface area contributed by atoms with Crippen LogP contribution in [0.15, 0.2) is 0 Å². The lowest BCUT2D eigenvalue weighted by Crippen LogP contribution is -1.95. The summed E-state index contributed by atoms with van der Waals surface area (Å²) in [6.45, 7) is 0.0811. The first-order valence-corrected chi connectivity index (χ1v) is 2.18. The summed E-state index contributed by atoms with van der Waals surface area (Å²) in [5.74, 6) is 0. The Hall–Kier alpha value is 0.01000. The summed E-state index contributed by atoms with van der Waals surface area (Å²) in [5.41, 5.74) is 0. The van der Waals surface area contributed by atoms with Gasteiger partial charge in [-0.15, -0.1) is 4.89 Å². The molecule has 0 saturated heterocycles. The number of rotatable bonds is 3. The maximum absolute atomic E-state index is 9.24. The predicted octanol–water partition coefficient (Wildman–Crippen LogP) is 0.852. The Morgan fingerprint density at radius 2 is 2.14 bits per heavy atom. The summed E-state index contributed by atoms with van der Waals surface area (Å²) >= 11 is 9.83. The molecule has 0 aromatic heterocycles. The fourth-order valence-electron chi connectivity index (χ4n) is 0.0647. The number of hydrogen-bond donors (Lipinski definition) is 0. The second-order valence-corrected chi connectivity index (χ2v) is 1.57. The minimum absolute atomic E-state index is 0.0811. The Morgan fingerprint density at radius 3 is 2.29 bits per heavy atom. The van der Waals surface area contributed by atoms with E-state index in [4.69, 9.17) is 23.2 Å². The summed E-state index contributed by atoms with van der Waals surface area (Å²) in [7, 11) is 0. The molecule has 0 aliphatic rings. The molecular weight excluding hydrogens is 143 g/mol. The Morgan fingerprint density at radius 1 is 1.57 bits per heavy atom. The summed E-state index contributed by atoms with van der Waals surface area (Å²) in [6.07, 6.45) is 0. The molecule has 0 unspecified atom stereocenters. The average molecular weight is 145 g/mol. The molecule has 0 saturated carbocycles. The zero-order valence-corrected chi connectivity index (χ0v) is 4.65. The lowest BCUT2D eigenvalue weighted by atomic mass is 11.6. The Bertz CT molecular complexity index is 54.9. The first-order chi connectivity index (χ1) is 3.27. The van der Waals surface area contributed by atoms with Crippen LogP contribution in [0.4, 0.5) is 0 Å². The average Bonchev–Trinajstić information content (AvgIpc) is 1.61. The standard InChI is InChI=1S/C2H2Cl2O3/c3-2(4)7-6-1-5/h1-2H. The van der Waals surface area contributed by atoms with E-state index in [1.165, 1.54) is 0 Å². The van der Waals surface area contributed by atoms with Crippen molar-refractivity contribution in [2.24, 2.45) is 0 Å². The first-order valence-electron chi connectivity index (χ1n) is 1.31. The summed E-state index contributed by atoms with van der Waals surface area (Å²) in [6, 6.07) is 0. The van der Waals surface area contributed by atoms with E-state index in [1.807, 2.05) is 0 Å². The molecule has 3 nitrogen and oxygen atoms in total. The molecular formula is C2H2Cl2O3. The molecule has 0 radical (unpaired) electrons. The van der Waals surface area contributed by atoms with Gasteiger partial charge >= 0.3 is 6.47 Å². The minimum atomic E-state index is -1.11. The lowest BCUT2D eigenvalue weighted by molar-refractivity contribution is -0.255. The van der Waals surface area contributed by atoms with Crippen molar-refractivity contribution >= 4 is 29.7 Å². The van der Waals surface area contributed by atoms with E-state index in [1.54, 1.807) is 0 Å². The van der Waals surface area contributed by atoms with Crippen molar-refractivity contribution in [3.8, 4) is 0 Å². The third kappa shape index (κ3) is 6.01. The van der Waals surface area contributed by atoms with Crippen molar-refractivity contribution in [3.63, 3.8) is 0 Å². The van der Waals surface area contributed by atoms with Crippen LogP contribution in [-0.4, -0.2) is 11.5 Å². The molecule has 0 aliphatic carbocycles. The summed E-state index contributed by atoms with van der Waals surface area (Å²) in [4.78, 5) is 16.7. The van der Waals surface area contributed by atoms with Crippen LogP contribution in [0.5, 0.6) is 0 Å². The first kappa shape index (κ1) is 7.01. The fraction of sp³-hybridized carbons (Fsp3) is 0.500. The smallest absolute Gasteiger partial charge is 0.299 e. The van der Waals surface area contributed by atoms with Crippen LogP contribution < -0.4 is 0 Å². The van der Waals surface area contributed by atoms with Gasteiger partial charge in [0, 0.05) is 0 Å². The van der Waals surface area contributed by atoms with Crippen LogP contribution in [-0.2, 0) is 14.6 Å². The van der Waals surface area contributed by atoms with Gasteiger partial charge in [-0.25, -0.2) is 0 Å². The number of hydrogen-bond acceptors (Lipinski definition) is 3. The molecule has 0 atom stereocenters. The molecule has 5 heteroatoms. The van der Waals surface area contributed by atoms with Gasteiger partial charge in [0.25, 0.3) is 5.02 Å². The van der Waals surface area contributed by atoms with Crippen LogP contribution in [0, 0.1) is 0 Å². The normalized spacial score (nSPS) is 9.00. The van der Waals surface area contributed by atoms with Crippen molar-refractivity contribution in [2.75, 3.05) is 0 Å². The SMILES string of the molecule is O=COOC(Cl)Cl. The number of alkyl halides is 2. The van der Waals surface area contributed by atoms with Gasteiger partial charge in [0.1, 0.15) is 0 Å². The van der Waals surface area contributed by atoms with E-state index < -0.39 is 5.02 Å². The maximum atomic E-state index is 9.24. The predicted molar refractivity (Wildman–Crippen MR) is 23.7 cm³/mol. The van der Waals surface area contributed by atoms with Crippen LogP contribution >= 0.6 is 23.2 Å². The fourth-order valence-corrected chi connectivity index (χ4v) is 0.149. The van der Waals surface area contributed by atoms with Crippen molar-refractivity contribution in [2.45, 2.75) is 5.02 Å². The number of carbonyl (C=O) groups is 1. The van der Waals surface area contributed by atoms with Crippen LogP contribution in [0.1, 0.15) is 0 Å². The number of halogens is 2. The van der Waals surface area contributed by atoms with E-state index in [-0.39, 0.29) is 6.47 Å². The molecule has 0 aliphatic heterocycles. The maximum Gasteiger partial charge on any atom is 0.330 e. The van der Waals surface area contributed by atoms with Crippen molar-refractivity contribution in [1.29, 1.82) is 0 Å². The molecule has 0 heterocycles. The van der Waals surface area contributed by atoms with Gasteiger partial charge in [-0.2, -0.15) is 0 Å². The lowest BCUT2D eigenvalue weighted by Gasteiger charge is -1.93. The van der Waals surface area contributed by atoms with Gasteiger partial charge < -0.3 is 0 Å². The molecule has 0 amide bonds. The van der Waals surface area contributed by atoms with Crippen molar-refractivity contribution in [1.82, 2.24) is 0 Å². The molecule has 0 bridgehead atoms. The van der Waals surface area contributed by atoms with E-state index in [0.717, 1.165) is 0 Å². The highest BCUT2D eigenvalue weighted by Gasteiger charge is 1.95. The highest BCUT2D eigenvalue weighted by atomic mass is 35.5. The Kier molecular flexibility index (Phi) is 4.18. The van der Waals surface area contributed by atoms with E-state index in [2.05, 4.69) is 9.78 Å². The largest absolute Gasteiger partial charge is 0.330 e. The molecule has 42 valence electrons. The van der Waals surface area contributed by atoms with E-state index >= 15 is 0 Å². The van der Waals surface area contributed by atoms with Gasteiger partial charge in [-0.05, 0) is 0 Å². The molecule has 0 spiro atoms. The molecule has 7 heavy (non-hydrogen) atoms. The van der Waals surface area contributed by atoms with E-state index in [9.17, 15) is 4.79 Å². The molecule has 0 aromatic rings. The molecule has 0 fully saturated rings. The van der Waals surface area contributed by atoms with Crippen LogP contribution in [0.25, 0.3) is 0 Å². The van der Waals surface area contributed by atoms with Crippen LogP contribution in [0.2, 0.25) is 0 Å². The Balaban J connectivity index is 2.81. The molecule has 0 N–H and O–H groups in total. The quantitative estimate of drug-likeness (QED) is 0.255. The van der Waals surface area contributed by atoms with E-state index in [0.29, 0.717) is 0 Å². The van der Waals surface area contributed by atoms with Gasteiger partial charge in [-0.1, -0.05) is 23.2 Å². The van der Waals surface area contributed by atoms with Gasteiger partial charge in [0.15, 0.2) is 0 Å². The second-order valence-electron chi connectivity index (χ2n) is 0.549. The summed E-state index contributed by atoms with van der Waals surface area (Å²) in [5, 5.41) is -1.11. The monoisotopic (exact) mass is 144 g/mol. The van der Waals surface area contributed by atoms with Crippen molar-refractivity contribution < 1.29 is 14.6 Å². The summed E-state index contributed by atoms with van der Waals surface area (Å²) < 4.78 is 0. The zero-order chi connectivity index (χ0) is 5.70. The number of carbonyl (C=O) groups excluding carboxylic acids is 1. The Labute approximate surface area is 50.0 Å².